The van der Waals surface area contributed by atoms with E-state index in [1.165, 1.54) is 6.42 Å². The maximum Gasteiger partial charge on any atom is 0.184 e. The van der Waals surface area contributed by atoms with Gasteiger partial charge < -0.3 is 9.33 Å². The second kappa shape index (κ2) is 5.51. The standard InChI is InChI=1S/C11H22N2OSSi/c1-13-7-5-6-11(9-13,8-12-10-15)14-16(2,3)4/h5-9H2,1-4H3. The van der Waals surface area contributed by atoms with Gasteiger partial charge >= 0.3 is 0 Å². The first-order valence-corrected chi connectivity index (χ1v) is 9.61. The van der Waals surface area contributed by atoms with Crippen LogP contribution in [0.4, 0.5) is 0 Å². The molecule has 1 rings (SSSR count). The summed E-state index contributed by atoms with van der Waals surface area (Å²) in [5, 5.41) is 2.47. The SMILES string of the molecule is CN1CCCC(CN=C=S)(O[Si](C)(C)C)C1. The number of likely N-dealkylation sites (tertiary alicyclic amines) is 1. The first kappa shape index (κ1) is 14.0. The van der Waals surface area contributed by atoms with Crippen LogP contribution in [0, 0.1) is 0 Å². The van der Waals surface area contributed by atoms with Gasteiger partial charge in [-0.1, -0.05) is 0 Å². The molecule has 1 unspecified atom stereocenters. The van der Waals surface area contributed by atoms with Crippen LogP contribution >= 0.6 is 12.2 Å². The summed E-state index contributed by atoms with van der Waals surface area (Å²) in [5.74, 6) is 0. The second-order valence-electron chi connectivity index (χ2n) is 5.65. The molecule has 16 heavy (non-hydrogen) atoms. The highest BCUT2D eigenvalue weighted by atomic mass is 32.1. The van der Waals surface area contributed by atoms with Crippen LogP contribution in [0.25, 0.3) is 0 Å². The third kappa shape index (κ3) is 4.43. The number of hydrogen-bond donors (Lipinski definition) is 0. The van der Waals surface area contributed by atoms with E-state index in [1.807, 2.05) is 0 Å². The Labute approximate surface area is 105 Å². The van der Waals surface area contributed by atoms with Crippen molar-refractivity contribution in [2.24, 2.45) is 4.99 Å². The van der Waals surface area contributed by atoms with Crippen molar-refractivity contribution in [1.82, 2.24) is 4.90 Å². The molecule has 0 amide bonds. The Bertz CT molecular complexity index is 286. The highest BCUT2D eigenvalue weighted by Gasteiger charge is 2.38. The van der Waals surface area contributed by atoms with E-state index in [1.54, 1.807) is 0 Å². The van der Waals surface area contributed by atoms with Crippen LogP contribution in [0.15, 0.2) is 4.99 Å². The number of rotatable bonds is 4. The molecule has 0 aromatic carbocycles. The normalized spacial score (nSPS) is 27.5. The molecular formula is C11H22N2OSSi. The Kier molecular flexibility index (Phi) is 4.83. The van der Waals surface area contributed by atoms with E-state index in [0.29, 0.717) is 6.54 Å². The Morgan fingerprint density at radius 3 is 2.69 bits per heavy atom. The molecule has 0 saturated carbocycles. The summed E-state index contributed by atoms with van der Waals surface area (Å²) in [5.41, 5.74) is -0.122. The quantitative estimate of drug-likeness (QED) is 0.440. The summed E-state index contributed by atoms with van der Waals surface area (Å²) in [6.07, 6.45) is 2.26. The van der Waals surface area contributed by atoms with Gasteiger partial charge in [0, 0.05) is 6.54 Å². The number of hydrogen-bond acceptors (Lipinski definition) is 4. The number of nitrogens with zero attached hydrogens (tertiary/aromatic N) is 2. The van der Waals surface area contributed by atoms with Crippen LogP contribution in [0.2, 0.25) is 19.6 Å². The number of isothiocyanates is 1. The molecule has 1 aliphatic heterocycles. The monoisotopic (exact) mass is 258 g/mol. The zero-order valence-electron chi connectivity index (χ0n) is 10.7. The zero-order chi connectivity index (χ0) is 12.2. The topological polar surface area (TPSA) is 24.8 Å². The van der Waals surface area contributed by atoms with Gasteiger partial charge in [-0.15, -0.1) is 0 Å². The Morgan fingerprint density at radius 1 is 1.50 bits per heavy atom. The van der Waals surface area contributed by atoms with Crippen LogP contribution in [0.1, 0.15) is 12.8 Å². The lowest BCUT2D eigenvalue weighted by atomic mass is 9.93. The van der Waals surface area contributed by atoms with E-state index >= 15 is 0 Å². The van der Waals surface area contributed by atoms with E-state index in [2.05, 4.69) is 54.0 Å². The molecule has 1 atom stereocenters. The molecule has 0 spiro atoms. The fourth-order valence-electron chi connectivity index (χ4n) is 2.39. The maximum absolute atomic E-state index is 6.36. The van der Waals surface area contributed by atoms with Crippen molar-refractivity contribution < 1.29 is 4.43 Å². The lowest BCUT2D eigenvalue weighted by Gasteiger charge is -2.44. The largest absolute Gasteiger partial charge is 0.409 e. The first-order valence-electron chi connectivity index (χ1n) is 5.79. The average Bonchev–Trinajstić information content (AvgIpc) is 2.12. The van der Waals surface area contributed by atoms with Gasteiger partial charge in [-0.3, -0.25) is 0 Å². The summed E-state index contributed by atoms with van der Waals surface area (Å²) >= 11 is 4.67. The number of likely N-dealkylation sites (N-methyl/N-ethyl adjacent to an activating group) is 1. The zero-order valence-corrected chi connectivity index (χ0v) is 12.6. The third-order valence-electron chi connectivity index (χ3n) is 2.68. The highest BCUT2D eigenvalue weighted by molar-refractivity contribution is 7.78. The molecule has 1 fully saturated rings. The summed E-state index contributed by atoms with van der Waals surface area (Å²) in [6, 6.07) is 0. The molecule has 0 radical (unpaired) electrons. The van der Waals surface area contributed by atoms with E-state index < -0.39 is 8.32 Å². The minimum Gasteiger partial charge on any atom is -0.409 e. The van der Waals surface area contributed by atoms with Gasteiger partial charge in [0.15, 0.2) is 8.32 Å². The molecule has 0 aliphatic carbocycles. The van der Waals surface area contributed by atoms with E-state index in [9.17, 15) is 0 Å². The van der Waals surface area contributed by atoms with E-state index in [0.717, 1.165) is 19.5 Å². The summed E-state index contributed by atoms with van der Waals surface area (Å²) in [4.78, 5) is 6.44. The molecular weight excluding hydrogens is 236 g/mol. The van der Waals surface area contributed by atoms with Crippen LogP contribution in [-0.4, -0.2) is 50.7 Å². The molecule has 3 nitrogen and oxygen atoms in total. The van der Waals surface area contributed by atoms with Crippen molar-refractivity contribution in [2.75, 3.05) is 26.7 Å². The van der Waals surface area contributed by atoms with Crippen LogP contribution in [0.3, 0.4) is 0 Å². The molecule has 0 bridgehead atoms. The number of piperidine rings is 1. The molecule has 1 saturated heterocycles. The predicted octanol–water partition coefficient (Wildman–Crippen LogP) is 2.41. The molecule has 5 heteroatoms. The first-order chi connectivity index (χ1) is 7.37. The van der Waals surface area contributed by atoms with E-state index in [4.69, 9.17) is 4.43 Å². The highest BCUT2D eigenvalue weighted by Crippen LogP contribution is 2.28. The van der Waals surface area contributed by atoms with Gasteiger partial charge in [0.25, 0.3) is 0 Å². The van der Waals surface area contributed by atoms with Gasteiger partial charge in [0.2, 0.25) is 0 Å². The number of thiocarbonyl (C=S) groups is 1. The van der Waals surface area contributed by atoms with Crippen LogP contribution in [0.5, 0.6) is 0 Å². The smallest absolute Gasteiger partial charge is 0.184 e. The van der Waals surface area contributed by atoms with Crippen molar-refractivity contribution in [1.29, 1.82) is 0 Å². The molecule has 1 heterocycles. The fraction of sp³-hybridized carbons (Fsp3) is 0.909. The molecule has 0 N–H and O–H groups in total. The van der Waals surface area contributed by atoms with E-state index in [-0.39, 0.29) is 5.60 Å². The predicted molar refractivity (Wildman–Crippen MR) is 73.8 cm³/mol. The molecule has 0 aromatic heterocycles. The van der Waals surface area contributed by atoms with Gasteiger partial charge in [-0.2, -0.15) is 0 Å². The van der Waals surface area contributed by atoms with Gasteiger partial charge in [-0.25, -0.2) is 4.99 Å². The van der Waals surface area contributed by atoms with Gasteiger partial charge in [-0.05, 0) is 58.3 Å². The van der Waals surface area contributed by atoms with Gasteiger partial charge in [0.1, 0.15) is 0 Å². The molecule has 1 aliphatic rings. The fourth-order valence-corrected chi connectivity index (χ4v) is 3.99. The van der Waals surface area contributed by atoms with Crippen LogP contribution in [-0.2, 0) is 4.43 Å². The molecule has 0 aromatic rings. The van der Waals surface area contributed by atoms with Gasteiger partial charge in [0.05, 0.1) is 17.3 Å². The lowest BCUT2D eigenvalue weighted by Crippen LogP contribution is -2.54. The minimum absolute atomic E-state index is 0.122. The van der Waals surface area contributed by atoms with Crippen LogP contribution < -0.4 is 0 Å². The summed E-state index contributed by atoms with van der Waals surface area (Å²) in [6.45, 7) is 9.44. The minimum atomic E-state index is -1.55. The molecule has 92 valence electrons. The van der Waals surface area contributed by atoms with Crippen molar-refractivity contribution >= 4 is 25.7 Å². The van der Waals surface area contributed by atoms with Crippen molar-refractivity contribution in [3.05, 3.63) is 0 Å². The van der Waals surface area contributed by atoms with Crippen molar-refractivity contribution in [3.63, 3.8) is 0 Å². The van der Waals surface area contributed by atoms with Crippen molar-refractivity contribution in [2.45, 2.75) is 38.1 Å². The summed E-state index contributed by atoms with van der Waals surface area (Å²) in [7, 11) is 0.596. The lowest BCUT2D eigenvalue weighted by molar-refractivity contribution is 0.00141. The Hall–Kier alpha value is -0.0631. The Morgan fingerprint density at radius 2 is 2.19 bits per heavy atom. The third-order valence-corrected chi connectivity index (χ3v) is 3.86. The number of aliphatic imine (C=N–C) groups is 1. The second-order valence-corrected chi connectivity index (χ2v) is 10.3. The summed E-state index contributed by atoms with van der Waals surface area (Å²) < 4.78 is 6.36. The maximum atomic E-state index is 6.36. The average molecular weight is 258 g/mol. The van der Waals surface area contributed by atoms with Crippen molar-refractivity contribution in [3.8, 4) is 0 Å². The Balaban J connectivity index is 2.78.